The number of nitrogens with one attached hydrogen (secondary N) is 1. The summed E-state index contributed by atoms with van der Waals surface area (Å²) in [6, 6.07) is 7.98. The highest BCUT2D eigenvalue weighted by molar-refractivity contribution is 5.27. The van der Waals surface area contributed by atoms with Gasteiger partial charge in [-0.15, -0.1) is 0 Å². The van der Waals surface area contributed by atoms with E-state index in [1.807, 2.05) is 31.2 Å². The Bertz CT molecular complexity index is 321. The van der Waals surface area contributed by atoms with Gasteiger partial charge in [-0.25, -0.2) is 0 Å². The zero-order chi connectivity index (χ0) is 12.5. The summed E-state index contributed by atoms with van der Waals surface area (Å²) in [6.45, 7) is 8.01. The summed E-state index contributed by atoms with van der Waals surface area (Å²) in [4.78, 5) is 0. The van der Waals surface area contributed by atoms with Gasteiger partial charge in [0.05, 0.1) is 0 Å². The first-order chi connectivity index (χ1) is 8.26. The molecule has 1 atom stereocenters. The minimum atomic E-state index is 0.224. The third-order valence-electron chi connectivity index (χ3n) is 2.42. The number of aliphatic hydroxyl groups is 1. The highest BCUT2D eigenvalue weighted by Crippen LogP contribution is 2.12. The van der Waals surface area contributed by atoms with E-state index in [2.05, 4.69) is 11.9 Å². The maximum atomic E-state index is 8.89. The highest BCUT2D eigenvalue weighted by Gasteiger charge is 1.99. The molecule has 0 heterocycles. The van der Waals surface area contributed by atoms with Crippen molar-refractivity contribution in [1.82, 2.24) is 5.32 Å². The lowest BCUT2D eigenvalue weighted by molar-refractivity contribution is 0.233. The SMILES string of the molecule is C=CCOc1ccc(CNCC(C)CO)cc1. The zero-order valence-corrected chi connectivity index (χ0v) is 10.4. The van der Waals surface area contributed by atoms with Gasteiger partial charge < -0.3 is 15.2 Å². The van der Waals surface area contributed by atoms with Gasteiger partial charge in [0.1, 0.15) is 12.4 Å². The van der Waals surface area contributed by atoms with Crippen molar-refractivity contribution >= 4 is 0 Å². The molecule has 0 amide bonds. The predicted molar refractivity (Wildman–Crippen MR) is 70.1 cm³/mol. The first-order valence-electron chi connectivity index (χ1n) is 5.90. The number of hydrogen-bond donors (Lipinski definition) is 2. The number of aliphatic hydroxyl groups excluding tert-OH is 1. The Hall–Kier alpha value is -1.32. The van der Waals surface area contributed by atoms with Gasteiger partial charge in [-0.2, -0.15) is 0 Å². The van der Waals surface area contributed by atoms with Crippen LogP contribution in [0.4, 0.5) is 0 Å². The molecule has 1 aromatic carbocycles. The van der Waals surface area contributed by atoms with Crippen LogP contribution >= 0.6 is 0 Å². The van der Waals surface area contributed by atoms with Crippen LogP contribution in [0.15, 0.2) is 36.9 Å². The Kier molecular flexibility index (Phi) is 6.37. The van der Waals surface area contributed by atoms with E-state index in [1.54, 1.807) is 6.08 Å². The monoisotopic (exact) mass is 235 g/mol. The molecule has 0 spiro atoms. The molecule has 0 aliphatic carbocycles. The molecule has 0 aliphatic rings. The molecule has 0 fully saturated rings. The molecule has 2 N–H and O–H groups in total. The van der Waals surface area contributed by atoms with Crippen molar-refractivity contribution < 1.29 is 9.84 Å². The minimum Gasteiger partial charge on any atom is -0.490 e. The van der Waals surface area contributed by atoms with Crippen molar-refractivity contribution in [1.29, 1.82) is 0 Å². The van der Waals surface area contributed by atoms with E-state index in [0.29, 0.717) is 12.5 Å². The minimum absolute atomic E-state index is 0.224. The van der Waals surface area contributed by atoms with Crippen LogP contribution in [0.5, 0.6) is 5.75 Å². The Labute approximate surface area is 103 Å². The summed E-state index contributed by atoms with van der Waals surface area (Å²) in [5.74, 6) is 1.16. The van der Waals surface area contributed by atoms with Crippen molar-refractivity contribution in [2.75, 3.05) is 19.8 Å². The second-order valence-electron chi connectivity index (χ2n) is 4.16. The smallest absolute Gasteiger partial charge is 0.119 e. The van der Waals surface area contributed by atoms with Crippen molar-refractivity contribution in [2.24, 2.45) is 5.92 Å². The molecule has 1 unspecified atom stereocenters. The van der Waals surface area contributed by atoms with Crippen LogP contribution in [0.3, 0.4) is 0 Å². The molecule has 3 heteroatoms. The van der Waals surface area contributed by atoms with Crippen LogP contribution in [0.25, 0.3) is 0 Å². The summed E-state index contributed by atoms with van der Waals surface area (Å²) in [5.41, 5.74) is 1.21. The topological polar surface area (TPSA) is 41.5 Å². The van der Waals surface area contributed by atoms with Crippen molar-refractivity contribution in [2.45, 2.75) is 13.5 Å². The molecule has 3 nitrogen and oxygen atoms in total. The molecule has 0 saturated carbocycles. The quantitative estimate of drug-likeness (QED) is 0.677. The van der Waals surface area contributed by atoms with Crippen LogP contribution in [-0.2, 0) is 6.54 Å². The molecule has 1 aromatic rings. The Morgan fingerprint density at radius 2 is 2.12 bits per heavy atom. The van der Waals surface area contributed by atoms with Crippen molar-refractivity contribution in [3.63, 3.8) is 0 Å². The fraction of sp³-hybridized carbons (Fsp3) is 0.429. The average molecular weight is 235 g/mol. The Balaban J connectivity index is 2.32. The molecule has 1 rings (SSSR count). The fourth-order valence-corrected chi connectivity index (χ4v) is 1.39. The van der Waals surface area contributed by atoms with Gasteiger partial charge in [-0.3, -0.25) is 0 Å². The van der Waals surface area contributed by atoms with Gasteiger partial charge in [0.2, 0.25) is 0 Å². The summed E-state index contributed by atoms with van der Waals surface area (Å²) in [5, 5.41) is 12.2. The predicted octanol–water partition coefficient (Wildman–Crippen LogP) is 1.97. The van der Waals surface area contributed by atoms with Gasteiger partial charge >= 0.3 is 0 Å². The maximum absolute atomic E-state index is 8.89. The number of ether oxygens (including phenoxy) is 1. The van der Waals surface area contributed by atoms with Crippen LogP contribution in [0.1, 0.15) is 12.5 Å². The van der Waals surface area contributed by atoms with E-state index in [0.717, 1.165) is 18.8 Å². The highest BCUT2D eigenvalue weighted by atomic mass is 16.5. The van der Waals surface area contributed by atoms with Crippen molar-refractivity contribution in [3.8, 4) is 5.75 Å². The van der Waals surface area contributed by atoms with E-state index < -0.39 is 0 Å². The Morgan fingerprint density at radius 3 is 2.71 bits per heavy atom. The first-order valence-corrected chi connectivity index (χ1v) is 5.90. The summed E-state index contributed by atoms with van der Waals surface area (Å²) in [7, 11) is 0. The molecule has 94 valence electrons. The molecule has 17 heavy (non-hydrogen) atoms. The second kappa shape index (κ2) is 7.87. The number of hydrogen-bond acceptors (Lipinski definition) is 3. The van der Waals surface area contributed by atoms with Gasteiger partial charge in [0.15, 0.2) is 0 Å². The van der Waals surface area contributed by atoms with Crippen LogP contribution in [-0.4, -0.2) is 24.9 Å². The summed E-state index contributed by atoms with van der Waals surface area (Å²) >= 11 is 0. The molecule has 0 aromatic heterocycles. The molecule has 0 saturated heterocycles. The Morgan fingerprint density at radius 1 is 1.41 bits per heavy atom. The molecule has 0 aliphatic heterocycles. The maximum Gasteiger partial charge on any atom is 0.119 e. The van der Waals surface area contributed by atoms with Gasteiger partial charge in [-0.1, -0.05) is 31.7 Å². The van der Waals surface area contributed by atoms with Crippen LogP contribution in [0, 0.1) is 5.92 Å². The molecular weight excluding hydrogens is 214 g/mol. The molecular formula is C14H21NO2. The molecule has 0 radical (unpaired) electrons. The summed E-state index contributed by atoms with van der Waals surface area (Å²) < 4.78 is 5.40. The van der Waals surface area contributed by atoms with Crippen LogP contribution < -0.4 is 10.1 Å². The fourth-order valence-electron chi connectivity index (χ4n) is 1.39. The van der Waals surface area contributed by atoms with E-state index in [4.69, 9.17) is 9.84 Å². The van der Waals surface area contributed by atoms with Gasteiger partial charge in [-0.05, 0) is 23.6 Å². The third-order valence-corrected chi connectivity index (χ3v) is 2.42. The average Bonchev–Trinajstić information content (AvgIpc) is 2.37. The standard InChI is InChI=1S/C14H21NO2/c1-3-8-17-14-6-4-13(5-7-14)10-15-9-12(2)11-16/h3-7,12,15-16H,1,8-11H2,2H3. The lowest BCUT2D eigenvalue weighted by atomic mass is 10.2. The number of rotatable bonds is 8. The lowest BCUT2D eigenvalue weighted by Gasteiger charge is -2.10. The third kappa shape index (κ3) is 5.52. The van der Waals surface area contributed by atoms with Crippen molar-refractivity contribution in [3.05, 3.63) is 42.5 Å². The first kappa shape index (κ1) is 13.7. The van der Waals surface area contributed by atoms with E-state index in [9.17, 15) is 0 Å². The lowest BCUT2D eigenvalue weighted by Crippen LogP contribution is -2.22. The van der Waals surface area contributed by atoms with Gasteiger partial charge in [0.25, 0.3) is 0 Å². The second-order valence-corrected chi connectivity index (χ2v) is 4.16. The largest absolute Gasteiger partial charge is 0.490 e. The zero-order valence-electron chi connectivity index (χ0n) is 10.4. The van der Waals surface area contributed by atoms with E-state index >= 15 is 0 Å². The summed E-state index contributed by atoms with van der Waals surface area (Å²) in [6.07, 6.45) is 1.73. The normalized spacial score (nSPS) is 12.1. The van der Waals surface area contributed by atoms with Gasteiger partial charge in [0, 0.05) is 19.7 Å². The van der Waals surface area contributed by atoms with E-state index in [-0.39, 0.29) is 6.61 Å². The van der Waals surface area contributed by atoms with Crippen LogP contribution in [0.2, 0.25) is 0 Å². The molecule has 0 bridgehead atoms. The number of benzene rings is 1. The van der Waals surface area contributed by atoms with E-state index in [1.165, 1.54) is 5.56 Å².